The van der Waals surface area contributed by atoms with Crippen molar-refractivity contribution < 1.29 is 65.6 Å². The van der Waals surface area contributed by atoms with Gasteiger partial charge >= 0.3 is 0 Å². The Hall–Kier alpha value is -0.520. The molecule has 3 unspecified atom stereocenters. The summed E-state index contributed by atoms with van der Waals surface area (Å²) >= 11 is 0. The minimum atomic E-state index is -1.12. The third kappa shape index (κ3) is 29.8. The second-order valence-electron chi connectivity index (χ2n) is 5.32. The minimum Gasteiger partial charge on any atom is -0.396 e. The highest BCUT2D eigenvalue weighted by atomic mass is 16.6. The molecule has 0 aliphatic heterocycles. The zero-order valence-corrected chi connectivity index (χ0v) is 15.7. The van der Waals surface area contributed by atoms with Gasteiger partial charge in [0.1, 0.15) is 24.4 Å². The monoisotopic (exact) mass is 440 g/mol. The molecule has 0 aromatic carbocycles. The van der Waals surface area contributed by atoms with E-state index in [-0.39, 0.29) is 73.3 Å². The molecule has 0 saturated heterocycles. The normalized spacial score (nSPS) is 13.6. The van der Waals surface area contributed by atoms with Crippen molar-refractivity contribution in [1.29, 1.82) is 0 Å². The quantitative estimate of drug-likeness (QED) is 0.113. The van der Waals surface area contributed by atoms with Crippen LogP contribution in [-0.4, -0.2) is 146 Å². The van der Waals surface area contributed by atoms with Crippen molar-refractivity contribution in [3.63, 3.8) is 0 Å². The van der Waals surface area contributed by atoms with E-state index in [2.05, 4.69) is 4.74 Å². The lowest BCUT2D eigenvalue weighted by Crippen LogP contribution is -2.28. The zero-order valence-electron chi connectivity index (χ0n) is 15.7. The Kier molecular flexibility index (Phi) is 34.0. The third-order valence-electron chi connectivity index (χ3n) is 2.60. The number of hydrogen-bond donors (Lipinski definition) is 11. The molecule has 0 radical (unpaired) electrons. The molecular formula is C16H40O13. The first-order valence-electron chi connectivity index (χ1n) is 8.47. The molecule has 0 fully saturated rings. The topological polar surface area (TPSA) is 241 Å². The van der Waals surface area contributed by atoms with Crippen molar-refractivity contribution in [2.75, 3.05) is 59.5 Å². The summed E-state index contributed by atoms with van der Waals surface area (Å²) in [6, 6.07) is 0. The average Bonchev–Trinajstić information content (AvgIpc) is 2.71. The lowest BCUT2D eigenvalue weighted by Gasteiger charge is -2.16. The van der Waals surface area contributed by atoms with Gasteiger partial charge in [-0.15, -0.1) is 0 Å². The maximum Gasteiger partial charge on any atom is 0.157 e. The summed E-state index contributed by atoms with van der Waals surface area (Å²) in [6.45, 7) is -2.42. The predicted octanol–water partition coefficient (Wildman–Crippen LogP) is -5.27. The van der Waals surface area contributed by atoms with E-state index in [1.54, 1.807) is 0 Å². The fourth-order valence-corrected chi connectivity index (χ4v) is 1.05. The molecule has 0 heterocycles. The van der Waals surface area contributed by atoms with E-state index in [0.717, 1.165) is 0 Å². The Bertz CT molecular complexity index is 268. The zero-order chi connectivity index (χ0) is 22.4. The Balaban J connectivity index is -0.000000166. The molecule has 29 heavy (non-hydrogen) atoms. The van der Waals surface area contributed by atoms with Gasteiger partial charge in [-0.05, 0) is 0 Å². The SMILES string of the molecule is C.OCC(O)CO.OCC(O)COCC(O)CO.OCCC(O)OC(CO)CO. The summed E-state index contributed by atoms with van der Waals surface area (Å²) < 4.78 is 9.40. The molecule has 13 nitrogen and oxygen atoms in total. The van der Waals surface area contributed by atoms with Crippen LogP contribution in [0, 0.1) is 0 Å². The van der Waals surface area contributed by atoms with Gasteiger partial charge in [0.2, 0.25) is 0 Å². The summed E-state index contributed by atoms with van der Waals surface area (Å²) in [5.41, 5.74) is 0. The van der Waals surface area contributed by atoms with Crippen LogP contribution in [0.1, 0.15) is 13.8 Å². The van der Waals surface area contributed by atoms with Crippen molar-refractivity contribution >= 4 is 0 Å². The maximum absolute atomic E-state index is 8.88. The predicted molar refractivity (Wildman–Crippen MR) is 101 cm³/mol. The summed E-state index contributed by atoms with van der Waals surface area (Å²) in [7, 11) is 0. The smallest absolute Gasteiger partial charge is 0.157 e. The number of hydrogen-bond acceptors (Lipinski definition) is 13. The van der Waals surface area contributed by atoms with Gasteiger partial charge in [0.05, 0.1) is 52.9 Å². The fourth-order valence-electron chi connectivity index (χ4n) is 1.05. The molecular weight excluding hydrogens is 400 g/mol. The van der Waals surface area contributed by atoms with Crippen LogP contribution in [0.15, 0.2) is 0 Å². The van der Waals surface area contributed by atoms with Crippen LogP contribution in [-0.2, 0) is 9.47 Å². The van der Waals surface area contributed by atoms with Crippen molar-refractivity contribution in [3.8, 4) is 0 Å². The Morgan fingerprint density at radius 2 is 0.931 bits per heavy atom. The molecule has 0 aromatic rings. The van der Waals surface area contributed by atoms with Crippen LogP contribution in [0.25, 0.3) is 0 Å². The highest BCUT2D eigenvalue weighted by molar-refractivity contribution is 4.54. The lowest BCUT2D eigenvalue weighted by molar-refractivity contribution is -0.163. The molecule has 0 rings (SSSR count). The summed E-state index contributed by atoms with van der Waals surface area (Å²) in [4.78, 5) is 0. The minimum absolute atomic E-state index is 0. The van der Waals surface area contributed by atoms with E-state index in [9.17, 15) is 0 Å². The van der Waals surface area contributed by atoms with E-state index in [1.807, 2.05) is 0 Å². The van der Waals surface area contributed by atoms with Gasteiger partial charge in [-0.3, -0.25) is 0 Å². The molecule has 13 heteroatoms. The van der Waals surface area contributed by atoms with Crippen LogP contribution in [0.3, 0.4) is 0 Å². The molecule has 182 valence electrons. The van der Waals surface area contributed by atoms with Crippen LogP contribution in [0.4, 0.5) is 0 Å². The molecule has 0 aromatic heterocycles. The van der Waals surface area contributed by atoms with Crippen molar-refractivity contribution in [1.82, 2.24) is 0 Å². The second-order valence-corrected chi connectivity index (χ2v) is 5.32. The molecule has 0 spiro atoms. The van der Waals surface area contributed by atoms with E-state index >= 15 is 0 Å². The second kappa shape index (κ2) is 27.5. The van der Waals surface area contributed by atoms with Gasteiger partial charge in [0.25, 0.3) is 0 Å². The van der Waals surface area contributed by atoms with Crippen molar-refractivity contribution in [2.24, 2.45) is 0 Å². The molecule has 0 bridgehead atoms. The average molecular weight is 440 g/mol. The Labute approximate surface area is 170 Å². The Morgan fingerprint density at radius 1 is 0.552 bits per heavy atom. The van der Waals surface area contributed by atoms with E-state index in [0.29, 0.717) is 0 Å². The highest BCUT2D eigenvalue weighted by Crippen LogP contribution is 1.98. The first kappa shape index (κ1) is 35.9. The molecule has 11 N–H and O–H groups in total. The van der Waals surface area contributed by atoms with E-state index in [1.165, 1.54) is 0 Å². The van der Waals surface area contributed by atoms with Crippen LogP contribution in [0.2, 0.25) is 0 Å². The van der Waals surface area contributed by atoms with Gasteiger partial charge < -0.3 is 65.6 Å². The van der Waals surface area contributed by atoms with Crippen molar-refractivity contribution in [2.45, 2.75) is 44.6 Å². The Morgan fingerprint density at radius 3 is 1.17 bits per heavy atom. The summed E-state index contributed by atoms with van der Waals surface area (Å²) in [5.74, 6) is 0. The van der Waals surface area contributed by atoms with Gasteiger partial charge in [-0.2, -0.15) is 0 Å². The molecule has 0 amide bonds. The van der Waals surface area contributed by atoms with Gasteiger partial charge in [-0.1, -0.05) is 7.43 Å². The number of rotatable bonds is 14. The van der Waals surface area contributed by atoms with Gasteiger partial charge in [0.15, 0.2) is 6.29 Å². The lowest BCUT2D eigenvalue weighted by atomic mass is 10.4. The van der Waals surface area contributed by atoms with E-state index < -0.39 is 30.7 Å². The molecule has 0 saturated carbocycles. The van der Waals surface area contributed by atoms with Gasteiger partial charge in [0, 0.05) is 13.0 Å². The first-order valence-corrected chi connectivity index (χ1v) is 8.47. The number of aliphatic hydroxyl groups is 11. The third-order valence-corrected chi connectivity index (χ3v) is 2.60. The summed E-state index contributed by atoms with van der Waals surface area (Å²) in [5, 5.41) is 92.3. The largest absolute Gasteiger partial charge is 0.396 e. The molecule has 0 aliphatic rings. The highest BCUT2D eigenvalue weighted by Gasteiger charge is 2.11. The van der Waals surface area contributed by atoms with E-state index in [4.69, 9.17) is 60.9 Å². The standard InChI is InChI=1S/2C6H14O5.C3H8O3.CH4/c7-1-5(9)3-11-4-6(10)2-8;7-2-1-6(10)11-5(3-8)4-9;4-1-3(6)2-5;/h2*5-10H,1-4H2;3-6H,1-2H2;1H4. The van der Waals surface area contributed by atoms with Gasteiger partial charge in [-0.25, -0.2) is 0 Å². The maximum atomic E-state index is 8.88. The number of aliphatic hydroxyl groups excluding tert-OH is 11. The molecule has 3 atom stereocenters. The summed E-state index contributed by atoms with van der Waals surface area (Å²) in [6.07, 6.45) is -4.59. The van der Waals surface area contributed by atoms with Crippen molar-refractivity contribution in [3.05, 3.63) is 0 Å². The number of ether oxygens (including phenoxy) is 2. The van der Waals surface area contributed by atoms with Crippen LogP contribution < -0.4 is 0 Å². The first-order chi connectivity index (χ1) is 13.2. The van der Waals surface area contributed by atoms with Crippen LogP contribution in [0.5, 0.6) is 0 Å². The molecule has 0 aliphatic carbocycles. The fraction of sp³-hybridized carbons (Fsp3) is 1.00. The van der Waals surface area contributed by atoms with Crippen LogP contribution >= 0.6 is 0 Å².